The van der Waals surface area contributed by atoms with Gasteiger partial charge in [0.05, 0.1) is 5.69 Å². The summed E-state index contributed by atoms with van der Waals surface area (Å²) >= 11 is 2.21. The van der Waals surface area contributed by atoms with Crippen molar-refractivity contribution in [2.75, 3.05) is 4.90 Å². The Morgan fingerprint density at radius 2 is 1.83 bits per heavy atom. The highest BCUT2D eigenvalue weighted by molar-refractivity contribution is 14.1. The molecule has 2 bridgehead atoms. The molecule has 2 fully saturated rings. The maximum absolute atomic E-state index is 12.2. The van der Waals surface area contributed by atoms with Gasteiger partial charge in [0.25, 0.3) is 11.8 Å². The van der Waals surface area contributed by atoms with Crippen molar-refractivity contribution in [3.63, 3.8) is 0 Å². The number of benzene rings is 1. The van der Waals surface area contributed by atoms with E-state index in [0.717, 1.165) is 9.13 Å². The van der Waals surface area contributed by atoms with Crippen LogP contribution in [0.4, 0.5) is 5.69 Å². The van der Waals surface area contributed by atoms with Crippen LogP contribution in [0.2, 0.25) is 0 Å². The van der Waals surface area contributed by atoms with Gasteiger partial charge in [-0.3, -0.25) is 9.59 Å². The molecule has 2 atom stereocenters. The zero-order chi connectivity index (χ0) is 12.9. The fourth-order valence-electron chi connectivity index (χ4n) is 2.47. The summed E-state index contributed by atoms with van der Waals surface area (Å²) in [5, 5.41) is 0. The number of carbonyl (C=O) groups excluding carboxylic acids is 2. The third-order valence-electron chi connectivity index (χ3n) is 3.49. The van der Waals surface area contributed by atoms with Crippen LogP contribution in [0.1, 0.15) is 18.4 Å². The summed E-state index contributed by atoms with van der Waals surface area (Å²) in [6.07, 6.45) is 0.415. The number of halogens is 1. The minimum absolute atomic E-state index is 0.223. The second-order valence-corrected chi connectivity index (χ2v) is 5.75. The third kappa shape index (κ3) is 1.68. The van der Waals surface area contributed by atoms with E-state index in [9.17, 15) is 9.59 Å². The second kappa shape index (κ2) is 4.31. The number of hydrogen-bond donors (Lipinski definition) is 0. The summed E-state index contributed by atoms with van der Waals surface area (Å²) in [6.45, 7) is 1.93. The molecule has 1 aromatic rings. The Labute approximate surface area is 118 Å². The van der Waals surface area contributed by atoms with Crippen LogP contribution in [-0.2, 0) is 14.3 Å². The molecular formula is C13H12INO3. The SMILES string of the molecule is Cc1c(I)cccc1N1C(=O)C2CCC(O2)C1=O. The van der Waals surface area contributed by atoms with Gasteiger partial charge in [-0.1, -0.05) is 6.07 Å². The summed E-state index contributed by atoms with van der Waals surface area (Å²) in [7, 11) is 0. The van der Waals surface area contributed by atoms with Crippen molar-refractivity contribution in [3.05, 3.63) is 27.3 Å². The van der Waals surface area contributed by atoms with Gasteiger partial charge in [0, 0.05) is 3.57 Å². The average molecular weight is 357 g/mol. The largest absolute Gasteiger partial charge is 0.355 e. The molecule has 0 aromatic heterocycles. The van der Waals surface area contributed by atoms with Crippen LogP contribution in [0.15, 0.2) is 18.2 Å². The van der Waals surface area contributed by atoms with Gasteiger partial charge in [-0.05, 0) is 60.1 Å². The standard InChI is InChI=1S/C13H12INO3/c1-7-8(14)3-2-4-9(7)15-12(16)10-5-6-11(18-10)13(15)17/h2-4,10-11H,5-6H2,1H3. The van der Waals surface area contributed by atoms with Crippen LogP contribution in [0.5, 0.6) is 0 Å². The Balaban J connectivity index is 2.08. The van der Waals surface area contributed by atoms with Crippen LogP contribution in [0.3, 0.4) is 0 Å². The fourth-order valence-corrected chi connectivity index (χ4v) is 2.96. The van der Waals surface area contributed by atoms with Gasteiger partial charge in [-0.25, -0.2) is 4.90 Å². The topological polar surface area (TPSA) is 46.6 Å². The lowest BCUT2D eigenvalue weighted by atomic mass is 10.1. The molecule has 0 radical (unpaired) electrons. The zero-order valence-corrected chi connectivity index (χ0v) is 12.0. The Hall–Kier alpha value is -0.950. The lowest BCUT2D eigenvalue weighted by Gasteiger charge is -2.31. The first-order valence-electron chi connectivity index (χ1n) is 5.88. The van der Waals surface area contributed by atoms with Gasteiger partial charge < -0.3 is 4.74 Å². The second-order valence-electron chi connectivity index (χ2n) is 4.59. The van der Waals surface area contributed by atoms with Gasteiger partial charge in [-0.15, -0.1) is 0 Å². The maximum atomic E-state index is 12.2. The minimum Gasteiger partial charge on any atom is -0.355 e. The Bertz CT molecular complexity index is 521. The molecule has 0 aliphatic carbocycles. The molecule has 0 spiro atoms. The molecule has 2 amide bonds. The number of nitrogens with zero attached hydrogens (tertiary/aromatic N) is 1. The molecule has 2 unspecified atom stereocenters. The van der Waals surface area contributed by atoms with Crippen LogP contribution >= 0.6 is 22.6 Å². The van der Waals surface area contributed by atoms with E-state index in [1.807, 2.05) is 25.1 Å². The fraction of sp³-hybridized carbons (Fsp3) is 0.385. The van der Waals surface area contributed by atoms with Crippen molar-refractivity contribution in [2.45, 2.75) is 32.0 Å². The van der Waals surface area contributed by atoms with E-state index in [-0.39, 0.29) is 11.8 Å². The number of carbonyl (C=O) groups is 2. The average Bonchev–Trinajstić information content (AvgIpc) is 2.79. The van der Waals surface area contributed by atoms with E-state index in [1.54, 1.807) is 0 Å². The molecule has 0 saturated carbocycles. The number of fused-ring (bicyclic) bond motifs is 2. The van der Waals surface area contributed by atoms with Gasteiger partial charge in [0.2, 0.25) is 0 Å². The summed E-state index contributed by atoms with van der Waals surface area (Å²) < 4.78 is 6.45. The van der Waals surface area contributed by atoms with Crippen LogP contribution in [0.25, 0.3) is 0 Å². The van der Waals surface area contributed by atoms with Crippen molar-refractivity contribution >= 4 is 40.1 Å². The first-order chi connectivity index (χ1) is 8.59. The van der Waals surface area contributed by atoms with Gasteiger partial charge in [-0.2, -0.15) is 0 Å². The van der Waals surface area contributed by atoms with Gasteiger partial charge in [0.15, 0.2) is 0 Å². The van der Waals surface area contributed by atoms with E-state index in [0.29, 0.717) is 18.5 Å². The van der Waals surface area contributed by atoms with Crippen molar-refractivity contribution in [1.29, 1.82) is 0 Å². The summed E-state index contributed by atoms with van der Waals surface area (Å²) in [5.74, 6) is -0.447. The van der Waals surface area contributed by atoms with Crippen molar-refractivity contribution in [2.24, 2.45) is 0 Å². The van der Waals surface area contributed by atoms with Gasteiger partial charge in [0.1, 0.15) is 12.2 Å². The maximum Gasteiger partial charge on any atom is 0.262 e. The minimum atomic E-state index is -0.440. The Morgan fingerprint density at radius 3 is 2.44 bits per heavy atom. The number of anilines is 1. The molecule has 2 heterocycles. The molecule has 0 N–H and O–H groups in total. The number of imide groups is 1. The van der Waals surface area contributed by atoms with E-state index in [2.05, 4.69) is 22.6 Å². The quantitative estimate of drug-likeness (QED) is 0.571. The molecule has 1 aromatic carbocycles. The molecule has 4 nitrogen and oxygen atoms in total. The van der Waals surface area contributed by atoms with Crippen molar-refractivity contribution in [1.82, 2.24) is 0 Å². The predicted molar refractivity (Wildman–Crippen MR) is 74.3 cm³/mol. The van der Waals surface area contributed by atoms with E-state index in [4.69, 9.17) is 4.74 Å². The van der Waals surface area contributed by atoms with Crippen LogP contribution in [-0.4, -0.2) is 24.0 Å². The summed E-state index contributed by atoms with van der Waals surface area (Å²) in [4.78, 5) is 25.8. The van der Waals surface area contributed by atoms with Gasteiger partial charge >= 0.3 is 0 Å². The predicted octanol–water partition coefficient (Wildman–Crippen LogP) is 2.02. The Morgan fingerprint density at radius 1 is 1.22 bits per heavy atom. The van der Waals surface area contributed by atoms with E-state index >= 15 is 0 Å². The smallest absolute Gasteiger partial charge is 0.262 e. The monoisotopic (exact) mass is 357 g/mol. The molecule has 2 aliphatic rings. The van der Waals surface area contributed by atoms with Crippen LogP contribution < -0.4 is 4.90 Å². The third-order valence-corrected chi connectivity index (χ3v) is 4.66. The lowest BCUT2D eigenvalue weighted by molar-refractivity contribution is -0.146. The molecular weight excluding hydrogens is 345 g/mol. The molecule has 2 aliphatic heterocycles. The molecule has 2 saturated heterocycles. The highest BCUT2D eigenvalue weighted by atomic mass is 127. The molecule has 18 heavy (non-hydrogen) atoms. The number of rotatable bonds is 1. The highest BCUT2D eigenvalue weighted by Crippen LogP contribution is 2.34. The molecule has 5 heteroatoms. The molecule has 94 valence electrons. The summed E-state index contributed by atoms with van der Waals surface area (Å²) in [5.41, 5.74) is 1.65. The highest BCUT2D eigenvalue weighted by Gasteiger charge is 2.47. The number of morpholine rings is 1. The van der Waals surface area contributed by atoms with Crippen molar-refractivity contribution < 1.29 is 14.3 Å². The first kappa shape index (κ1) is 12.1. The number of hydrogen-bond acceptors (Lipinski definition) is 3. The van der Waals surface area contributed by atoms with E-state index < -0.39 is 12.2 Å². The normalized spacial score (nSPS) is 26.9. The first-order valence-corrected chi connectivity index (χ1v) is 6.96. The molecule has 3 rings (SSSR count). The zero-order valence-electron chi connectivity index (χ0n) is 9.85. The summed E-state index contributed by atoms with van der Waals surface area (Å²) in [6, 6.07) is 5.64. The lowest BCUT2D eigenvalue weighted by Crippen LogP contribution is -2.52. The van der Waals surface area contributed by atoms with Crippen LogP contribution in [0, 0.1) is 10.5 Å². The van der Waals surface area contributed by atoms with Crippen molar-refractivity contribution in [3.8, 4) is 0 Å². The van der Waals surface area contributed by atoms with E-state index in [1.165, 1.54) is 4.90 Å². The number of ether oxygens (including phenoxy) is 1. The number of amides is 2. The Kier molecular flexibility index (Phi) is 2.90.